The second-order valence-electron chi connectivity index (χ2n) is 5.08. The van der Waals surface area contributed by atoms with Gasteiger partial charge in [-0.15, -0.1) is 0 Å². The van der Waals surface area contributed by atoms with Crippen LogP contribution in [-0.2, 0) is 11.2 Å². The van der Waals surface area contributed by atoms with Gasteiger partial charge >= 0.3 is 0 Å². The number of aliphatic imine (C=N–C) groups is 1. The minimum absolute atomic E-state index is 0.0871. The van der Waals surface area contributed by atoms with Crippen LogP contribution in [0.4, 0.5) is 10.1 Å². The van der Waals surface area contributed by atoms with E-state index in [1.54, 1.807) is 0 Å². The lowest BCUT2D eigenvalue weighted by Crippen LogP contribution is -2.28. The fourth-order valence-corrected chi connectivity index (χ4v) is 2.21. The van der Waals surface area contributed by atoms with Gasteiger partial charge in [-0.25, -0.2) is 4.99 Å². The number of rotatable bonds is 1. The van der Waals surface area contributed by atoms with Crippen LogP contribution in [0.5, 0.6) is 0 Å². The number of halogens is 1. The van der Waals surface area contributed by atoms with Gasteiger partial charge in [-0.1, -0.05) is 18.2 Å². The summed E-state index contributed by atoms with van der Waals surface area (Å²) in [5.74, 6) is -1.53. The second-order valence-corrected chi connectivity index (χ2v) is 5.08. The maximum absolute atomic E-state index is 14.5. The van der Waals surface area contributed by atoms with Crippen LogP contribution >= 0.6 is 0 Å². The van der Waals surface area contributed by atoms with Gasteiger partial charge in [0, 0.05) is 18.2 Å². The highest BCUT2D eigenvalue weighted by atomic mass is 19.2. The SMILES string of the molecule is Cc1ccc2c(n1)C[C@](C)(F)OC(c1ccccc1)=N2. The summed E-state index contributed by atoms with van der Waals surface area (Å²) in [6, 6.07) is 13.1. The van der Waals surface area contributed by atoms with Crippen molar-refractivity contribution in [1.29, 1.82) is 0 Å². The Bertz CT molecular complexity index is 665. The zero-order valence-corrected chi connectivity index (χ0v) is 11.4. The summed E-state index contributed by atoms with van der Waals surface area (Å²) in [5, 5.41) is 0. The Hall–Kier alpha value is -2.23. The summed E-state index contributed by atoms with van der Waals surface area (Å²) in [5.41, 5.74) is 2.89. The van der Waals surface area contributed by atoms with Crippen molar-refractivity contribution in [2.75, 3.05) is 0 Å². The van der Waals surface area contributed by atoms with E-state index in [0.717, 1.165) is 11.3 Å². The number of hydrogen-bond donors (Lipinski definition) is 0. The van der Waals surface area contributed by atoms with Gasteiger partial charge in [0.25, 0.3) is 5.85 Å². The van der Waals surface area contributed by atoms with Crippen LogP contribution in [0, 0.1) is 6.92 Å². The Balaban J connectivity index is 2.13. The Labute approximate surface area is 117 Å². The number of alkyl halides is 1. The van der Waals surface area contributed by atoms with E-state index in [9.17, 15) is 4.39 Å². The quantitative estimate of drug-likeness (QED) is 0.791. The molecule has 4 heteroatoms. The van der Waals surface area contributed by atoms with Crippen LogP contribution in [0.1, 0.15) is 23.9 Å². The predicted molar refractivity (Wildman–Crippen MR) is 75.9 cm³/mol. The number of benzene rings is 1. The molecule has 3 nitrogen and oxygen atoms in total. The first kappa shape index (κ1) is 12.8. The van der Waals surface area contributed by atoms with Crippen LogP contribution < -0.4 is 0 Å². The molecule has 0 spiro atoms. The van der Waals surface area contributed by atoms with Crippen molar-refractivity contribution in [3.63, 3.8) is 0 Å². The Morgan fingerprint density at radius 1 is 1.15 bits per heavy atom. The predicted octanol–water partition coefficient (Wildman–Crippen LogP) is 3.73. The first-order chi connectivity index (χ1) is 9.53. The van der Waals surface area contributed by atoms with Crippen LogP contribution in [0.3, 0.4) is 0 Å². The normalized spacial score (nSPS) is 21.4. The van der Waals surface area contributed by atoms with Gasteiger partial charge in [0.15, 0.2) is 0 Å². The van der Waals surface area contributed by atoms with Gasteiger partial charge in [0.05, 0.1) is 17.8 Å². The monoisotopic (exact) mass is 270 g/mol. The average Bonchev–Trinajstić information content (AvgIpc) is 2.54. The molecule has 1 aliphatic heterocycles. The first-order valence-corrected chi connectivity index (χ1v) is 6.52. The molecular formula is C16H15FN2O. The Kier molecular flexibility index (Phi) is 3.01. The van der Waals surface area contributed by atoms with Gasteiger partial charge in [-0.2, -0.15) is 4.39 Å². The van der Waals surface area contributed by atoms with E-state index in [1.165, 1.54) is 6.92 Å². The van der Waals surface area contributed by atoms with Crippen molar-refractivity contribution in [3.05, 3.63) is 59.4 Å². The van der Waals surface area contributed by atoms with Gasteiger partial charge in [0.1, 0.15) is 0 Å². The van der Waals surface area contributed by atoms with Crippen LogP contribution in [0.25, 0.3) is 0 Å². The standard InChI is InChI=1S/C16H15FN2O/c1-11-8-9-13-14(18-11)10-16(2,17)20-15(19-13)12-6-4-3-5-7-12/h3-9H,10H2,1-2H3/t16-/m1/s1. The molecule has 3 rings (SSSR count). The molecule has 20 heavy (non-hydrogen) atoms. The molecule has 0 N–H and O–H groups in total. The van der Waals surface area contributed by atoms with E-state index in [-0.39, 0.29) is 6.42 Å². The molecule has 0 aliphatic carbocycles. The van der Waals surface area contributed by atoms with Gasteiger partial charge in [-0.3, -0.25) is 4.98 Å². The summed E-state index contributed by atoms with van der Waals surface area (Å²) in [7, 11) is 0. The molecule has 0 fully saturated rings. The maximum atomic E-state index is 14.5. The minimum atomic E-state index is -1.82. The van der Waals surface area contributed by atoms with E-state index >= 15 is 0 Å². The first-order valence-electron chi connectivity index (χ1n) is 6.52. The number of fused-ring (bicyclic) bond motifs is 1. The molecule has 102 valence electrons. The fraction of sp³-hybridized carbons (Fsp3) is 0.250. The third kappa shape index (κ3) is 2.54. The summed E-state index contributed by atoms with van der Waals surface area (Å²) in [6.07, 6.45) is 0.0871. The Morgan fingerprint density at radius 2 is 1.90 bits per heavy atom. The van der Waals surface area contributed by atoms with Crippen LogP contribution in [0.2, 0.25) is 0 Å². The summed E-state index contributed by atoms with van der Waals surface area (Å²) in [4.78, 5) is 8.81. The Morgan fingerprint density at radius 3 is 2.65 bits per heavy atom. The third-order valence-corrected chi connectivity index (χ3v) is 3.12. The average molecular weight is 270 g/mol. The van der Waals surface area contributed by atoms with E-state index in [1.807, 2.05) is 49.4 Å². The molecule has 0 amide bonds. The second kappa shape index (κ2) is 4.71. The van der Waals surface area contributed by atoms with Crippen LogP contribution in [0.15, 0.2) is 47.5 Å². The van der Waals surface area contributed by atoms with Gasteiger partial charge < -0.3 is 4.74 Å². The molecule has 1 aromatic heterocycles. The lowest BCUT2D eigenvalue weighted by atomic mass is 10.1. The van der Waals surface area contributed by atoms with Gasteiger partial charge in [0.2, 0.25) is 5.90 Å². The number of nitrogens with zero attached hydrogens (tertiary/aromatic N) is 2. The highest BCUT2D eigenvalue weighted by Gasteiger charge is 2.32. The molecule has 0 radical (unpaired) electrons. The number of aromatic nitrogens is 1. The zero-order valence-electron chi connectivity index (χ0n) is 11.4. The van der Waals surface area contributed by atoms with Crippen molar-refractivity contribution in [3.8, 4) is 0 Å². The van der Waals surface area contributed by atoms with E-state index in [0.29, 0.717) is 17.3 Å². The number of aryl methyl sites for hydroxylation is 1. The van der Waals surface area contributed by atoms with E-state index < -0.39 is 5.85 Å². The molecule has 2 aromatic rings. The maximum Gasteiger partial charge on any atom is 0.253 e. The molecule has 1 aromatic carbocycles. The molecule has 1 aliphatic rings. The highest BCUT2D eigenvalue weighted by molar-refractivity contribution is 5.96. The highest BCUT2D eigenvalue weighted by Crippen LogP contribution is 2.31. The lowest BCUT2D eigenvalue weighted by molar-refractivity contribution is -0.0534. The molecule has 1 atom stereocenters. The molecule has 0 saturated heterocycles. The minimum Gasteiger partial charge on any atom is -0.440 e. The van der Waals surface area contributed by atoms with Gasteiger partial charge in [-0.05, 0) is 31.2 Å². The number of hydrogen-bond acceptors (Lipinski definition) is 3. The number of ether oxygens (including phenoxy) is 1. The molecule has 0 unspecified atom stereocenters. The summed E-state index contributed by atoms with van der Waals surface area (Å²) >= 11 is 0. The number of pyridine rings is 1. The smallest absolute Gasteiger partial charge is 0.253 e. The van der Waals surface area contributed by atoms with Crippen molar-refractivity contribution in [1.82, 2.24) is 4.98 Å². The van der Waals surface area contributed by atoms with Crippen molar-refractivity contribution >= 4 is 11.6 Å². The zero-order chi connectivity index (χ0) is 14.2. The largest absolute Gasteiger partial charge is 0.440 e. The van der Waals surface area contributed by atoms with E-state index in [4.69, 9.17) is 4.74 Å². The lowest BCUT2D eigenvalue weighted by Gasteiger charge is -2.20. The van der Waals surface area contributed by atoms with Crippen LogP contribution in [-0.4, -0.2) is 16.7 Å². The van der Waals surface area contributed by atoms with Crippen molar-refractivity contribution < 1.29 is 9.13 Å². The third-order valence-electron chi connectivity index (χ3n) is 3.12. The molecule has 0 saturated carbocycles. The summed E-state index contributed by atoms with van der Waals surface area (Å²) < 4.78 is 20.0. The topological polar surface area (TPSA) is 34.5 Å². The van der Waals surface area contributed by atoms with Crippen molar-refractivity contribution in [2.24, 2.45) is 4.99 Å². The molecule has 0 bridgehead atoms. The van der Waals surface area contributed by atoms with Crippen molar-refractivity contribution in [2.45, 2.75) is 26.1 Å². The van der Waals surface area contributed by atoms with E-state index in [2.05, 4.69) is 9.98 Å². The molecule has 2 heterocycles. The fourth-order valence-electron chi connectivity index (χ4n) is 2.21. The molecular weight excluding hydrogens is 255 g/mol. The summed E-state index contributed by atoms with van der Waals surface area (Å²) in [6.45, 7) is 3.29.